The molecule has 25 heavy (non-hydrogen) atoms. The molecule has 1 heterocycles. The predicted molar refractivity (Wildman–Crippen MR) is 104 cm³/mol. The Morgan fingerprint density at radius 2 is 1.96 bits per heavy atom. The molecule has 0 bridgehead atoms. The molecule has 0 fully saturated rings. The van der Waals surface area contributed by atoms with Gasteiger partial charge < -0.3 is 5.32 Å². The van der Waals surface area contributed by atoms with E-state index in [0.29, 0.717) is 22.2 Å². The summed E-state index contributed by atoms with van der Waals surface area (Å²) in [6, 6.07) is 13.5. The van der Waals surface area contributed by atoms with Crippen molar-refractivity contribution >= 4 is 34.8 Å². The van der Waals surface area contributed by atoms with Crippen molar-refractivity contribution in [2.24, 2.45) is 0 Å². The molecule has 5 heteroatoms. The van der Waals surface area contributed by atoms with E-state index in [4.69, 9.17) is 23.2 Å². The van der Waals surface area contributed by atoms with E-state index in [1.807, 2.05) is 6.07 Å². The molecule has 0 aromatic heterocycles. The minimum absolute atomic E-state index is 0.00276. The van der Waals surface area contributed by atoms with Crippen LogP contribution in [0.15, 0.2) is 42.5 Å². The van der Waals surface area contributed by atoms with E-state index in [-0.39, 0.29) is 17.5 Å². The number of amides is 1. The Labute approximate surface area is 158 Å². The smallest absolute Gasteiger partial charge is 0.226 e. The maximum absolute atomic E-state index is 12.7. The van der Waals surface area contributed by atoms with Crippen molar-refractivity contribution in [3.63, 3.8) is 0 Å². The molecule has 1 atom stereocenters. The molecule has 3 nitrogen and oxygen atoms in total. The normalized spacial score (nSPS) is 19.3. The quantitative estimate of drug-likeness (QED) is 0.784. The van der Waals surface area contributed by atoms with Crippen LogP contribution in [0.1, 0.15) is 37.4 Å². The van der Waals surface area contributed by atoms with Crippen molar-refractivity contribution in [1.82, 2.24) is 4.90 Å². The SMILES string of the molecule is CN1[C@H](CC(=O)Nc2ccc(Cl)cc2Cl)c2ccccc2CC1(C)C. The highest BCUT2D eigenvalue weighted by molar-refractivity contribution is 6.36. The van der Waals surface area contributed by atoms with Crippen LogP contribution < -0.4 is 5.32 Å². The summed E-state index contributed by atoms with van der Waals surface area (Å²) in [5, 5.41) is 3.90. The van der Waals surface area contributed by atoms with Crippen molar-refractivity contribution in [3.8, 4) is 0 Å². The van der Waals surface area contributed by atoms with Crippen LogP contribution in [0.2, 0.25) is 10.0 Å². The maximum Gasteiger partial charge on any atom is 0.226 e. The van der Waals surface area contributed by atoms with Crippen LogP contribution in [0.5, 0.6) is 0 Å². The van der Waals surface area contributed by atoms with Crippen molar-refractivity contribution in [2.75, 3.05) is 12.4 Å². The van der Waals surface area contributed by atoms with E-state index in [9.17, 15) is 4.79 Å². The van der Waals surface area contributed by atoms with Gasteiger partial charge in [-0.15, -0.1) is 0 Å². The maximum atomic E-state index is 12.7. The number of fused-ring (bicyclic) bond motifs is 1. The number of nitrogens with one attached hydrogen (secondary N) is 1. The first-order chi connectivity index (χ1) is 11.8. The van der Waals surface area contributed by atoms with Gasteiger partial charge in [-0.25, -0.2) is 0 Å². The van der Waals surface area contributed by atoms with Crippen LogP contribution >= 0.6 is 23.2 Å². The molecular formula is C20H22Cl2N2O. The molecule has 0 spiro atoms. The van der Waals surface area contributed by atoms with Crippen LogP contribution in [-0.4, -0.2) is 23.4 Å². The number of likely N-dealkylation sites (N-methyl/N-ethyl adjacent to an activating group) is 1. The molecule has 1 aliphatic rings. The van der Waals surface area contributed by atoms with E-state index in [2.05, 4.69) is 49.3 Å². The zero-order valence-corrected chi connectivity index (χ0v) is 16.2. The highest BCUT2D eigenvalue weighted by Crippen LogP contribution is 2.39. The summed E-state index contributed by atoms with van der Waals surface area (Å²) in [7, 11) is 2.09. The van der Waals surface area contributed by atoms with Gasteiger partial charge in [0.25, 0.3) is 0 Å². The summed E-state index contributed by atoms with van der Waals surface area (Å²) in [5.74, 6) is -0.0615. The van der Waals surface area contributed by atoms with Crippen molar-refractivity contribution in [1.29, 1.82) is 0 Å². The molecule has 0 saturated heterocycles. The summed E-state index contributed by atoms with van der Waals surface area (Å²) in [4.78, 5) is 14.9. The summed E-state index contributed by atoms with van der Waals surface area (Å²) in [6.07, 6.45) is 1.34. The lowest BCUT2D eigenvalue weighted by Gasteiger charge is -2.46. The summed E-state index contributed by atoms with van der Waals surface area (Å²) in [5.41, 5.74) is 3.12. The largest absolute Gasteiger partial charge is 0.325 e. The number of benzene rings is 2. The molecule has 2 aromatic rings. The van der Waals surface area contributed by atoms with Crippen LogP contribution in [0.25, 0.3) is 0 Å². The zero-order chi connectivity index (χ0) is 18.2. The Morgan fingerprint density at radius 1 is 1.24 bits per heavy atom. The molecule has 0 unspecified atom stereocenters. The van der Waals surface area contributed by atoms with Crippen LogP contribution in [-0.2, 0) is 11.2 Å². The highest BCUT2D eigenvalue weighted by Gasteiger charge is 2.37. The molecule has 1 aliphatic heterocycles. The van der Waals surface area contributed by atoms with Gasteiger partial charge >= 0.3 is 0 Å². The zero-order valence-electron chi connectivity index (χ0n) is 14.6. The number of halogens is 2. The van der Waals surface area contributed by atoms with Crippen LogP contribution in [0.3, 0.4) is 0 Å². The molecule has 1 amide bonds. The third kappa shape index (κ3) is 3.84. The second-order valence-electron chi connectivity index (χ2n) is 7.19. The summed E-state index contributed by atoms with van der Waals surface area (Å²) >= 11 is 12.1. The highest BCUT2D eigenvalue weighted by atomic mass is 35.5. The lowest BCUT2D eigenvalue weighted by atomic mass is 9.81. The van der Waals surface area contributed by atoms with Gasteiger partial charge in [-0.05, 0) is 56.6 Å². The monoisotopic (exact) mass is 376 g/mol. The lowest BCUT2D eigenvalue weighted by molar-refractivity contribution is -0.118. The van der Waals surface area contributed by atoms with E-state index in [1.165, 1.54) is 11.1 Å². The van der Waals surface area contributed by atoms with Gasteiger partial charge in [0.05, 0.1) is 10.7 Å². The fraction of sp³-hybridized carbons (Fsp3) is 0.350. The minimum atomic E-state index is -0.0615. The Kier molecular flexibility index (Phi) is 5.10. The molecule has 0 radical (unpaired) electrons. The van der Waals surface area contributed by atoms with Crippen molar-refractivity contribution < 1.29 is 4.79 Å². The third-order valence-electron chi connectivity index (χ3n) is 5.04. The topological polar surface area (TPSA) is 32.3 Å². The van der Waals surface area contributed by atoms with Gasteiger partial charge in [-0.1, -0.05) is 47.5 Å². The first kappa shape index (κ1) is 18.2. The van der Waals surface area contributed by atoms with E-state index in [0.717, 1.165) is 6.42 Å². The number of carbonyl (C=O) groups excluding carboxylic acids is 1. The number of rotatable bonds is 3. The van der Waals surface area contributed by atoms with Crippen LogP contribution in [0, 0.1) is 0 Å². The second kappa shape index (κ2) is 6.99. The standard InChI is InChI=1S/C20H22Cl2N2O/c1-20(2)12-13-6-4-5-7-15(13)18(24(20)3)11-19(25)23-17-9-8-14(21)10-16(17)22/h4-10,18H,11-12H2,1-3H3,(H,23,25)/t18-/m1/s1. The van der Waals surface area contributed by atoms with Gasteiger partial charge in [0.1, 0.15) is 0 Å². The van der Waals surface area contributed by atoms with Gasteiger partial charge in [-0.2, -0.15) is 0 Å². The number of nitrogens with zero attached hydrogens (tertiary/aromatic N) is 1. The number of carbonyl (C=O) groups is 1. The molecule has 2 aromatic carbocycles. The van der Waals surface area contributed by atoms with E-state index >= 15 is 0 Å². The molecule has 3 rings (SSSR count). The average Bonchev–Trinajstić information content (AvgIpc) is 2.54. The van der Waals surface area contributed by atoms with Crippen LogP contribution in [0.4, 0.5) is 5.69 Å². The second-order valence-corrected chi connectivity index (χ2v) is 8.03. The first-order valence-electron chi connectivity index (χ1n) is 8.33. The fourth-order valence-corrected chi connectivity index (χ4v) is 3.91. The fourth-order valence-electron chi connectivity index (χ4n) is 3.46. The Hall–Kier alpha value is -1.55. The number of hydrogen-bond donors (Lipinski definition) is 1. The molecule has 0 aliphatic carbocycles. The lowest BCUT2D eigenvalue weighted by Crippen LogP contribution is -2.49. The Bertz CT molecular complexity index is 804. The van der Waals surface area contributed by atoms with E-state index in [1.54, 1.807) is 18.2 Å². The number of hydrogen-bond acceptors (Lipinski definition) is 2. The number of anilines is 1. The minimum Gasteiger partial charge on any atom is -0.325 e. The van der Waals surface area contributed by atoms with E-state index < -0.39 is 0 Å². The van der Waals surface area contributed by atoms with Gasteiger partial charge in [0.15, 0.2) is 0 Å². The first-order valence-corrected chi connectivity index (χ1v) is 9.09. The Balaban J connectivity index is 1.82. The predicted octanol–water partition coefficient (Wildman–Crippen LogP) is 5.33. The van der Waals surface area contributed by atoms with Crippen molar-refractivity contribution in [3.05, 3.63) is 63.6 Å². The van der Waals surface area contributed by atoms with Gasteiger partial charge in [0.2, 0.25) is 5.91 Å². The summed E-state index contributed by atoms with van der Waals surface area (Å²) < 4.78 is 0. The van der Waals surface area contributed by atoms with Crippen molar-refractivity contribution in [2.45, 2.75) is 38.3 Å². The van der Waals surface area contributed by atoms with Gasteiger partial charge in [-0.3, -0.25) is 9.69 Å². The Morgan fingerprint density at radius 3 is 2.68 bits per heavy atom. The molecule has 1 N–H and O–H groups in total. The summed E-state index contributed by atoms with van der Waals surface area (Å²) in [6.45, 7) is 4.42. The molecular weight excluding hydrogens is 355 g/mol. The molecule has 0 saturated carbocycles. The van der Waals surface area contributed by atoms with Gasteiger partial charge in [0, 0.05) is 23.0 Å². The third-order valence-corrected chi connectivity index (χ3v) is 5.59. The average molecular weight is 377 g/mol. The molecule has 132 valence electrons.